The lowest BCUT2D eigenvalue weighted by Crippen LogP contribution is -3.00. The molecule has 0 aliphatic heterocycles. The SMILES string of the molecule is CCOC(=O)\C=N/N=C(/C=C\c1ccc(Cl)cc1)C[P+](c1ccccc1)(c1ccccc1)c1ccccc1.[Br-]. The van der Waals surface area contributed by atoms with Crippen LogP contribution < -0.4 is 32.9 Å². The average molecular weight is 620 g/mol. The first-order chi connectivity index (χ1) is 18.6. The summed E-state index contributed by atoms with van der Waals surface area (Å²) in [6.07, 6.45) is 5.68. The molecule has 0 amide bonds. The monoisotopic (exact) mass is 618 g/mol. The van der Waals surface area contributed by atoms with Gasteiger partial charge in [-0.3, -0.25) is 0 Å². The lowest BCUT2D eigenvalue weighted by atomic mass is 10.2. The predicted octanol–water partition coefficient (Wildman–Crippen LogP) is 3.34. The third-order valence-corrected chi connectivity index (χ3v) is 10.6. The van der Waals surface area contributed by atoms with Gasteiger partial charge in [0, 0.05) is 5.02 Å². The van der Waals surface area contributed by atoms with E-state index in [4.69, 9.17) is 16.3 Å². The average Bonchev–Trinajstić information content (AvgIpc) is 2.96. The normalized spacial score (nSPS) is 11.9. The number of ether oxygens (including phenoxy) is 1. The van der Waals surface area contributed by atoms with Crippen molar-refractivity contribution in [1.29, 1.82) is 0 Å². The van der Waals surface area contributed by atoms with Crippen LogP contribution in [0.3, 0.4) is 0 Å². The molecule has 0 spiro atoms. The maximum atomic E-state index is 11.9. The molecule has 0 saturated heterocycles. The molecule has 0 aliphatic carbocycles. The van der Waals surface area contributed by atoms with Crippen molar-refractivity contribution in [1.82, 2.24) is 0 Å². The maximum absolute atomic E-state index is 11.9. The number of allylic oxidation sites excluding steroid dienone is 1. The molecule has 0 aliphatic rings. The van der Waals surface area contributed by atoms with Gasteiger partial charge in [-0.05, 0) is 67.1 Å². The molecule has 0 unspecified atom stereocenters. The number of halogens is 2. The van der Waals surface area contributed by atoms with Gasteiger partial charge in [0.25, 0.3) is 0 Å². The van der Waals surface area contributed by atoms with E-state index < -0.39 is 13.2 Å². The number of benzene rings is 4. The van der Waals surface area contributed by atoms with Gasteiger partial charge in [0.2, 0.25) is 0 Å². The van der Waals surface area contributed by atoms with Crippen LogP contribution in [0, 0.1) is 0 Å². The van der Waals surface area contributed by atoms with Gasteiger partial charge in [-0.15, -0.1) is 0 Å². The van der Waals surface area contributed by atoms with Gasteiger partial charge in [0.05, 0.1) is 6.61 Å². The standard InChI is InChI=1S/C32H29ClN2O2P.BrH/c1-2-37-32(36)24-34-35-28(23-20-26-18-21-27(33)22-19-26)25-38(29-12-6-3-7-13-29,30-14-8-4-9-15-30)31-16-10-5-11-17-31;/h3-24H,2,25H2,1H3;1H/q+1;/p-1/b23-20-,34-24-,35-28-;. The Balaban J connectivity index is 0.00000420. The van der Waals surface area contributed by atoms with E-state index in [1.165, 1.54) is 15.9 Å². The highest BCUT2D eigenvalue weighted by molar-refractivity contribution is 7.96. The van der Waals surface area contributed by atoms with Crippen molar-refractivity contribution in [3.8, 4) is 0 Å². The fourth-order valence-corrected chi connectivity index (χ4v) is 8.49. The molecule has 39 heavy (non-hydrogen) atoms. The van der Waals surface area contributed by atoms with Crippen LogP contribution in [-0.4, -0.2) is 30.7 Å². The van der Waals surface area contributed by atoms with Crippen LogP contribution >= 0.6 is 18.9 Å². The van der Waals surface area contributed by atoms with Crippen molar-refractivity contribution < 1.29 is 26.5 Å². The van der Waals surface area contributed by atoms with E-state index >= 15 is 0 Å². The van der Waals surface area contributed by atoms with E-state index in [0.29, 0.717) is 11.2 Å². The summed E-state index contributed by atoms with van der Waals surface area (Å²) in [5.74, 6) is -0.521. The van der Waals surface area contributed by atoms with Crippen molar-refractivity contribution in [2.24, 2.45) is 10.2 Å². The van der Waals surface area contributed by atoms with E-state index in [9.17, 15) is 4.79 Å². The van der Waals surface area contributed by atoms with Crippen molar-refractivity contribution in [3.05, 3.63) is 132 Å². The van der Waals surface area contributed by atoms with E-state index in [2.05, 4.69) is 83.0 Å². The molecular weight excluding hydrogens is 591 g/mol. The molecule has 4 aromatic carbocycles. The minimum Gasteiger partial charge on any atom is -1.00 e. The molecule has 0 aromatic heterocycles. The number of esters is 1. The molecule has 4 nitrogen and oxygen atoms in total. The zero-order valence-electron chi connectivity index (χ0n) is 21.5. The highest BCUT2D eigenvalue weighted by atomic mass is 79.9. The zero-order chi connectivity index (χ0) is 26.6. The Labute approximate surface area is 246 Å². The van der Waals surface area contributed by atoms with Gasteiger partial charge in [0.15, 0.2) is 0 Å². The van der Waals surface area contributed by atoms with Crippen molar-refractivity contribution in [3.63, 3.8) is 0 Å². The van der Waals surface area contributed by atoms with E-state index in [1.54, 1.807) is 6.92 Å². The highest BCUT2D eigenvalue weighted by Gasteiger charge is 2.46. The van der Waals surface area contributed by atoms with Crippen LogP contribution in [0.15, 0.2) is 132 Å². The Bertz CT molecular complexity index is 1310. The largest absolute Gasteiger partial charge is 1.00 e. The Morgan fingerprint density at radius 3 is 1.74 bits per heavy atom. The number of hydrogen-bond donors (Lipinski definition) is 0. The number of hydrogen-bond acceptors (Lipinski definition) is 4. The van der Waals surface area contributed by atoms with E-state index in [-0.39, 0.29) is 23.6 Å². The van der Waals surface area contributed by atoms with Crippen molar-refractivity contribution >= 4 is 58.7 Å². The lowest BCUT2D eigenvalue weighted by molar-refractivity contribution is -0.134. The molecule has 4 aromatic rings. The summed E-state index contributed by atoms with van der Waals surface area (Å²) in [6.45, 7) is 2.04. The zero-order valence-corrected chi connectivity index (χ0v) is 24.8. The molecule has 0 atom stereocenters. The first kappa shape index (κ1) is 30.2. The summed E-state index contributed by atoms with van der Waals surface area (Å²) in [4.78, 5) is 11.9. The fourth-order valence-electron chi connectivity index (χ4n) is 4.23. The predicted molar refractivity (Wildman–Crippen MR) is 163 cm³/mol. The minimum absolute atomic E-state index is 0. The fraction of sp³-hybridized carbons (Fsp3) is 0.0938. The molecule has 7 heteroatoms. The molecule has 0 saturated carbocycles. The Kier molecular flexibility index (Phi) is 11.8. The van der Waals surface area contributed by atoms with Gasteiger partial charge in [-0.25, -0.2) is 4.79 Å². The molecule has 198 valence electrons. The summed E-state index contributed by atoms with van der Waals surface area (Å²) < 4.78 is 4.99. The summed E-state index contributed by atoms with van der Waals surface area (Å²) in [6, 6.07) is 39.3. The van der Waals surface area contributed by atoms with Crippen molar-refractivity contribution in [2.45, 2.75) is 6.92 Å². The van der Waals surface area contributed by atoms with Crippen molar-refractivity contribution in [2.75, 3.05) is 12.8 Å². The van der Waals surface area contributed by atoms with Crippen LogP contribution in [0.4, 0.5) is 0 Å². The van der Waals surface area contributed by atoms with Crippen LogP contribution in [0.5, 0.6) is 0 Å². The molecule has 0 heterocycles. The summed E-state index contributed by atoms with van der Waals surface area (Å²) in [5, 5.41) is 13.0. The Morgan fingerprint density at radius 2 is 1.28 bits per heavy atom. The number of carbonyl (C=O) groups is 1. The van der Waals surface area contributed by atoms with Crippen LogP contribution in [0.2, 0.25) is 5.02 Å². The minimum atomic E-state index is -2.21. The second-order valence-electron chi connectivity index (χ2n) is 8.45. The highest BCUT2D eigenvalue weighted by Crippen LogP contribution is 2.55. The second-order valence-corrected chi connectivity index (χ2v) is 12.4. The quantitative estimate of drug-likeness (QED) is 0.118. The second kappa shape index (κ2) is 15.3. The molecule has 0 radical (unpaired) electrons. The Hall–Kier alpha value is -3.37. The number of carbonyl (C=O) groups excluding carboxylic acids is 1. The van der Waals surface area contributed by atoms with Crippen LogP contribution in [0.25, 0.3) is 6.08 Å². The number of nitrogens with zero attached hydrogens (tertiary/aromatic N) is 2. The smallest absolute Gasteiger partial charge is 0.351 e. The third-order valence-electron chi connectivity index (χ3n) is 5.96. The maximum Gasteiger partial charge on any atom is 0.351 e. The van der Waals surface area contributed by atoms with Gasteiger partial charge < -0.3 is 21.7 Å². The molecule has 0 bridgehead atoms. The van der Waals surface area contributed by atoms with Crippen LogP contribution in [0.1, 0.15) is 12.5 Å². The molecular formula is C32H29BrClN2O2P. The topological polar surface area (TPSA) is 51.0 Å². The molecule has 0 N–H and O–H groups in total. The summed E-state index contributed by atoms with van der Waals surface area (Å²) >= 11 is 6.08. The first-order valence-electron chi connectivity index (χ1n) is 12.4. The molecule has 0 fully saturated rings. The van der Waals surface area contributed by atoms with E-state index in [0.717, 1.165) is 17.5 Å². The van der Waals surface area contributed by atoms with Gasteiger partial charge >= 0.3 is 5.97 Å². The third kappa shape index (κ3) is 8.06. The van der Waals surface area contributed by atoms with Gasteiger partial charge in [0.1, 0.15) is 41.3 Å². The molecule has 4 rings (SSSR count). The van der Waals surface area contributed by atoms with Gasteiger partial charge in [-0.1, -0.05) is 84.4 Å². The summed E-state index contributed by atoms with van der Waals surface area (Å²) in [5.41, 5.74) is 1.73. The lowest BCUT2D eigenvalue weighted by Gasteiger charge is -2.27. The summed E-state index contributed by atoms with van der Waals surface area (Å²) in [7, 11) is -2.21. The number of rotatable bonds is 10. The Morgan fingerprint density at radius 1 is 0.795 bits per heavy atom. The van der Waals surface area contributed by atoms with Crippen LogP contribution in [-0.2, 0) is 9.53 Å². The van der Waals surface area contributed by atoms with E-state index in [1.807, 2.05) is 54.6 Å². The first-order valence-corrected chi connectivity index (χ1v) is 14.7. The van der Waals surface area contributed by atoms with Gasteiger partial charge in [-0.2, -0.15) is 10.2 Å².